The third-order valence-corrected chi connectivity index (χ3v) is 3.00. The van der Waals surface area contributed by atoms with E-state index in [1.165, 1.54) is 12.0 Å². The SMILES string of the molecule is COc1cc(Br)ccc1N1C[C@H](CO)OC1=O. The van der Waals surface area contributed by atoms with Crippen LogP contribution in [0, 0.1) is 0 Å². The molecule has 1 atom stereocenters. The van der Waals surface area contributed by atoms with Gasteiger partial charge in [0.05, 0.1) is 25.9 Å². The van der Waals surface area contributed by atoms with E-state index < -0.39 is 12.2 Å². The number of aliphatic hydroxyl groups is 1. The van der Waals surface area contributed by atoms with E-state index in [0.717, 1.165) is 4.47 Å². The molecule has 1 fully saturated rings. The van der Waals surface area contributed by atoms with E-state index in [0.29, 0.717) is 18.0 Å². The van der Waals surface area contributed by atoms with Crippen LogP contribution in [0.5, 0.6) is 5.75 Å². The third-order valence-electron chi connectivity index (χ3n) is 2.51. The van der Waals surface area contributed by atoms with E-state index in [1.807, 2.05) is 6.07 Å². The summed E-state index contributed by atoms with van der Waals surface area (Å²) in [4.78, 5) is 13.1. The first-order chi connectivity index (χ1) is 8.15. The van der Waals surface area contributed by atoms with Gasteiger partial charge < -0.3 is 14.6 Å². The van der Waals surface area contributed by atoms with Crippen molar-refractivity contribution in [1.29, 1.82) is 0 Å². The molecule has 1 amide bonds. The van der Waals surface area contributed by atoms with Gasteiger partial charge in [0.15, 0.2) is 0 Å². The van der Waals surface area contributed by atoms with Crippen molar-refractivity contribution in [3.8, 4) is 5.75 Å². The van der Waals surface area contributed by atoms with Crippen molar-refractivity contribution >= 4 is 27.7 Å². The fourth-order valence-electron chi connectivity index (χ4n) is 1.69. The minimum atomic E-state index is -0.476. The number of nitrogens with zero attached hydrogens (tertiary/aromatic N) is 1. The summed E-state index contributed by atoms with van der Waals surface area (Å²) in [6.07, 6.45) is -0.944. The van der Waals surface area contributed by atoms with Crippen LogP contribution in [-0.2, 0) is 4.74 Å². The molecular weight excluding hydrogens is 290 g/mol. The first-order valence-corrected chi connectivity index (χ1v) is 5.87. The summed E-state index contributed by atoms with van der Waals surface area (Å²) in [5, 5.41) is 8.98. The Balaban J connectivity index is 2.31. The first kappa shape index (κ1) is 12.2. The van der Waals surface area contributed by atoms with Gasteiger partial charge in [0, 0.05) is 4.47 Å². The van der Waals surface area contributed by atoms with Crippen molar-refractivity contribution in [3.05, 3.63) is 22.7 Å². The zero-order valence-electron chi connectivity index (χ0n) is 9.22. The Morgan fingerprint density at radius 2 is 2.41 bits per heavy atom. The van der Waals surface area contributed by atoms with Crippen LogP contribution in [0.4, 0.5) is 10.5 Å². The average Bonchev–Trinajstić information content (AvgIpc) is 2.70. The van der Waals surface area contributed by atoms with Gasteiger partial charge in [-0.3, -0.25) is 4.90 Å². The molecule has 17 heavy (non-hydrogen) atoms. The summed E-state index contributed by atoms with van der Waals surface area (Å²) in [6, 6.07) is 5.36. The molecule has 0 aliphatic carbocycles. The minimum absolute atomic E-state index is 0.179. The van der Waals surface area contributed by atoms with Crippen molar-refractivity contribution in [1.82, 2.24) is 0 Å². The normalized spacial score (nSPS) is 19.4. The fraction of sp³-hybridized carbons (Fsp3) is 0.364. The maximum absolute atomic E-state index is 11.6. The maximum atomic E-state index is 11.6. The van der Waals surface area contributed by atoms with Crippen LogP contribution in [-0.4, -0.2) is 37.6 Å². The molecule has 92 valence electrons. The number of ether oxygens (including phenoxy) is 2. The second-order valence-corrected chi connectivity index (χ2v) is 4.53. The zero-order chi connectivity index (χ0) is 12.4. The van der Waals surface area contributed by atoms with Gasteiger partial charge in [-0.05, 0) is 18.2 Å². The Morgan fingerprint density at radius 1 is 1.65 bits per heavy atom. The Hall–Kier alpha value is -1.27. The summed E-state index contributed by atoms with van der Waals surface area (Å²) in [5.74, 6) is 0.579. The van der Waals surface area contributed by atoms with Gasteiger partial charge in [0.25, 0.3) is 0 Å². The molecule has 1 aliphatic rings. The monoisotopic (exact) mass is 301 g/mol. The molecule has 6 heteroatoms. The number of hydrogen-bond donors (Lipinski definition) is 1. The predicted molar refractivity (Wildman–Crippen MR) is 65.4 cm³/mol. The van der Waals surface area contributed by atoms with Gasteiger partial charge in [0.2, 0.25) is 0 Å². The number of methoxy groups -OCH3 is 1. The number of benzene rings is 1. The lowest BCUT2D eigenvalue weighted by atomic mass is 10.2. The van der Waals surface area contributed by atoms with Crippen LogP contribution >= 0.6 is 15.9 Å². The third kappa shape index (κ3) is 2.37. The largest absolute Gasteiger partial charge is 0.495 e. The van der Waals surface area contributed by atoms with Crippen LogP contribution < -0.4 is 9.64 Å². The lowest BCUT2D eigenvalue weighted by Crippen LogP contribution is -2.25. The number of cyclic esters (lactones) is 1. The van der Waals surface area contributed by atoms with Crippen LogP contribution in [0.1, 0.15) is 0 Å². The molecule has 2 rings (SSSR count). The van der Waals surface area contributed by atoms with Crippen LogP contribution in [0.2, 0.25) is 0 Å². The van der Waals surface area contributed by atoms with Gasteiger partial charge in [-0.25, -0.2) is 4.79 Å². The molecule has 1 aromatic rings. The van der Waals surface area contributed by atoms with Gasteiger partial charge in [0.1, 0.15) is 11.9 Å². The number of anilines is 1. The summed E-state index contributed by atoms with van der Waals surface area (Å²) in [7, 11) is 1.54. The van der Waals surface area contributed by atoms with E-state index in [9.17, 15) is 4.79 Å². The molecule has 1 N–H and O–H groups in total. The Labute approximate surface area is 107 Å². The van der Waals surface area contributed by atoms with Crippen LogP contribution in [0.3, 0.4) is 0 Å². The molecule has 0 spiro atoms. The number of carbonyl (C=O) groups excluding carboxylic acids is 1. The number of halogens is 1. The fourth-order valence-corrected chi connectivity index (χ4v) is 2.03. The summed E-state index contributed by atoms with van der Waals surface area (Å²) in [6.45, 7) is 0.147. The quantitative estimate of drug-likeness (QED) is 0.924. The lowest BCUT2D eigenvalue weighted by Gasteiger charge is -2.16. The summed E-state index contributed by atoms with van der Waals surface area (Å²) < 4.78 is 11.1. The Bertz CT molecular complexity index is 437. The summed E-state index contributed by atoms with van der Waals surface area (Å²) in [5.41, 5.74) is 0.636. The maximum Gasteiger partial charge on any atom is 0.414 e. The molecule has 0 radical (unpaired) electrons. The second-order valence-electron chi connectivity index (χ2n) is 3.62. The Kier molecular flexibility index (Phi) is 3.54. The predicted octanol–water partition coefficient (Wildman–Crippen LogP) is 1.78. The van der Waals surface area contributed by atoms with E-state index in [-0.39, 0.29) is 6.61 Å². The topological polar surface area (TPSA) is 59.0 Å². The van der Waals surface area contributed by atoms with Crippen LogP contribution in [0.25, 0.3) is 0 Å². The first-order valence-electron chi connectivity index (χ1n) is 5.08. The van der Waals surface area contributed by atoms with E-state index in [1.54, 1.807) is 12.1 Å². The highest BCUT2D eigenvalue weighted by Crippen LogP contribution is 2.33. The van der Waals surface area contributed by atoms with E-state index in [4.69, 9.17) is 14.6 Å². The van der Waals surface area contributed by atoms with Gasteiger partial charge in [-0.2, -0.15) is 0 Å². The highest BCUT2D eigenvalue weighted by molar-refractivity contribution is 9.10. The van der Waals surface area contributed by atoms with Crippen molar-refractivity contribution in [3.63, 3.8) is 0 Å². The lowest BCUT2D eigenvalue weighted by molar-refractivity contribution is 0.0963. The number of carbonyl (C=O) groups is 1. The number of hydrogen-bond acceptors (Lipinski definition) is 4. The number of rotatable bonds is 3. The van der Waals surface area contributed by atoms with Crippen molar-refractivity contribution < 1.29 is 19.4 Å². The molecule has 1 heterocycles. The molecule has 0 unspecified atom stereocenters. The molecule has 0 aromatic heterocycles. The highest BCUT2D eigenvalue weighted by atomic mass is 79.9. The zero-order valence-corrected chi connectivity index (χ0v) is 10.8. The van der Waals surface area contributed by atoms with Gasteiger partial charge >= 0.3 is 6.09 Å². The molecule has 1 aliphatic heterocycles. The van der Waals surface area contributed by atoms with Gasteiger partial charge in [-0.1, -0.05) is 15.9 Å². The average molecular weight is 302 g/mol. The number of aliphatic hydroxyl groups excluding tert-OH is 1. The van der Waals surface area contributed by atoms with Gasteiger partial charge in [-0.15, -0.1) is 0 Å². The molecule has 5 nitrogen and oxygen atoms in total. The molecular formula is C11H12BrNO4. The molecule has 1 aromatic carbocycles. The minimum Gasteiger partial charge on any atom is -0.495 e. The highest BCUT2D eigenvalue weighted by Gasteiger charge is 2.33. The van der Waals surface area contributed by atoms with Crippen LogP contribution in [0.15, 0.2) is 22.7 Å². The summed E-state index contributed by atoms with van der Waals surface area (Å²) >= 11 is 3.33. The standard InChI is InChI=1S/C11H12BrNO4/c1-16-10-4-7(12)2-3-9(10)13-5-8(6-14)17-11(13)15/h2-4,8,14H,5-6H2,1H3/t8-/m1/s1. The van der Waals surface area contributed by atoms with Crippen molar-refractivity contribution in [2.45, 2.75) is 6.10 Å². The number of amides is 1. The second kappa shape index (κ2) is 4.93. The van der Waals surface area contributed by atoms with Crippen molar-refractivity contribution in [2.75, 3.05) is 25.2 Å². The van der Waals surface area contributed by atoms with E-state index in [2.05, 4.69) is 15.9 Å². The van der Waals surface area contributed by atoms with E-state index >= 15 is 0 Å². The molecule has 0 saturated carbocycles. The smallest absolute Gasteiger partial charge is 0.414 e. The molecule has 0 bridgehead atoms. The van der Waals surface area contributed by atoms with Crippen molar-refractivity contribution in [2.24, 2.45) is 0 Å². The Morgan fingerprint density at radius 3 is 3.00 bits per heavy atom. The molecule has 1 saturated heterocycles.